The molecule has 0 aromatic heterocycles. The summed E-state index contributed by atoms with van der Waals surface area (Å²) < 4.78 is 5.64. The van der Waals surface area contributed by atoms with Crippen LogP contribution in [0.2, 0.25) is 20.1 Å². The lowest BCUT2D eigenvalue weighted by Crippen LogP contribution is -2.04. The molecule has 6 nitrogen and oxygen atoms in total. The monoisotopic (exact) mass is 591 g/mol. The second-order valence-corrected chi connectivity index (χ2v) is 9.46. The van der Waals surface area contributed by atoms with Gasteiger partial charge in [0.2, 0.25) is 0 Å². The number of carboxylic acids is 2. The van der Waals surface area contributed by atoms with Crippen molar-refractivity contribution in [1.29, 1.82) is 0 Å². The molecule has 0 saturated heterocycles. The summed E-state index contributed by atoms with van der Waals surface area (Å²) in [7, 11) is 0. The molecule has 0 fully saturated rings. The summed E-state index contributed by atoms with van der Waals surface area (Å²) in [6.45, 7) is 0. The van der Waals surface area contributed by atoms with Crippen LogP contribution >= 0.6 is 46.4 Å². The van der Waals surface area contributed by atoms with Crippen LogP contribution in [0.15, 0.2) is 84.9 Å². The standard InChI is InChI=1S/C14H11Cl2NO2.C14H10Cl2O3/c15-10-5-3-6-11(16)14(10)17-12-7-2-1-4-9(12)8-13(18)19;15-10-5-6-13(11(16)8-10)19-12-4-2-1-3-9(12)7-14(17)18/h1-7,17H,8H2,(H,18,19);1-6,8H,7H2,(H,17,18). The quantitative estimate of drug-likeness (QED) is 0.189. The largest absolute Gasteiger partial charge is 0.481 e. The number of para-hydroxylation sites is 3. The van der Waals surface area contributed by atoms with Crippen molar-refractivity contribution in [3.05, 3.63) is 116 Å². The van der Waals surface area contributed by atoms with E-state index < -0.39 is 11.9 Å². The highest BCUT2D eigenvalue weighted by Gasteiger charge is 2.11. The summed E-state index contributed by atoms with van der Waals surface area (Å²) in [5.41, 5.74) is 2.51. The van der Waals surface area contributed by atoms with Crippen molar-refractivity contribution in [3.63, 3.8) is 0 Å². The van der Waals surface area contributed by atoms with Gasteiger partial charge in [-0.15, -0.1) is 0 Å². The third-order valence-electron chi connectivity index (χ3n) is 5.01. The minimum absolute atomic E-state index is 0.0642. The Morgan fingerprint density at radius 1 is 0.658 bits per heavy atom. The number of carbonyl (C=O) groups is 2. The molecule has 0 atom stereocenters. The Morgan fingerprint density at radius 2 is 1.24 bits per heavy atom. The maximum atomic E-state index is 10.8. The van der Waals surface area contributed by atoms with Gasteiger partial charge < -0.3 is 20.3 Å². The zero-order valence-electron chi connectivity index (χ0n) is 19.6. The van der Waals surface area contributed by atoms with Crippen LogP contribution in [-0.4, -0.2) is 22.2 Å². The fourth-order valence-corrected chi connectivity index (χ4v) is 4.24. The number of ether oxygens (including phenoxy) is 1. The van der Waals surface area contributed by atoms with Gasteiger partial charge in [-0.3, -0.25) is 9.59 Å². The van der Waals surface area contributed by atoms with Crippen molar-refractivity contribution in [2.24, 2.45) is 0 Å². The van der Waals surface area contributed by atoms with Gasteiger partial charge in [-0.05, 0) is 48.0 Å². The highest BCUT2D eigenvalue weighted by atomic mass is 35.5. The predicted octanol–water partition coefficient (Wildman–Crippen LogP) is 8.78. The van der Waals surface area contributed by atoms with Gasteiger partial charge in [-0.25, -0.2) is 0 Å². The smallest absolute Gasteiger partial charge is 0.307 e. The van der Waals surface area contributed by atoms with Crippen LogP contribution < -0.4 is 10.1 Å². The van der Waals surface area contributed by atoms with Crippen molar-refractivity contribution < 1.29 is 24.5 Å². The van der Waals surface area contributed by atoms with Crippen molar-refractivity contribution in [2.45, 2.75) is 12.8 Å². The molecular formula is C28H21Cl4NO5. The van der Waals surface area contributed by atoms with E-state index >= 15 is 0 Å². The lowest BCUT2D eigenvalue weighted by molar-refractivity contribution is -0.137. The first-order valence-electron chi connectivity index (χ1n) is 11.1. The van der Waals surface area contributed by atoms with Crippen LogP contribution in [0.25, 0.3) is 0 Å². The summed E-state index contributed by atoms with van der Waals surface area (Å²) in [5, 5.41) is 22.7. The highest BCUT2D eigenvalue weighted by molar-refractivity contribution is 6.39. The third-order valence-corrected chi connectivity index (χ3v) is 6.17. The number of nitrogens with one attached hydrogen (secondary N) is 1. The van der Waals surface area contributed by atoms with E-state index in [2.05, 4.69) is 5.32 Å². The van der Waals surface area contributed by atoms with Gasteiger partial charge in [0.05, 0.1) is 33.6 Å². The number of aliphatic carboxylic acids is 2. The molecule has 4 aromatic rings. The van der Waals surface area contributed by atoms with E-state index in [9.17, 15) is 9.59 Å². The van der Waals surface area contributed by atoms with Gasteiger partial charge in [0, 0.05) is 16.3 Å². The lowest BCUT2D eigenvalue weighted by Gasteiger charge is -2.13. The summed E-state index contributed by atoms with van der Waals surface area (Å²) in [6, 6.07) is 24.1. The fraction of sp³-hybridized carbons (Fsp3) is 0.0714. The Labute approximate surface area is 239 Å². The molecular weight excluding hydrogens is 572 g/mol. The zero-order valence-corrected chi connectivity index (χ0v) is 22.7. The molecule has 0 amide bonds. The SMILES string of the molecule is O=C(O)Cc1ccccc1Nc1c(Cl)cccc1Cl.O=C(O)Cc1ccccc1Oc1ccc(Cl)cc1Cl. The number of benzene rings is 4. The maximum absolute atomic E-state index is 10.8. The van der Waals surface area contributed by atoms with E-state index in [0.29, 0.717) is 54.1 Å². The normalized spacial score (nSPS) is 10.2. The molecule has 0 radical (unpaired) electrons. The fourth-order valence-electron chi connectivity index (χ4n) is 3.30. The third kappa shape index (κ3) is 8.57. The van der Waals surface area contributed by atoms with Crippen LogP contribution in [0.5, 0.6) is 11.5 Å². The van der Waals surface area contributed by atoms with E-state index in [1.807, 2.05) is 6.07 Å². The highest BCUT2D eigenvalue weighted by Crippen LogP contribution is 2.34. The van der Waals surface area contributed by atoms with E-state index in [-0.39, 0.29) is 12.8 Å². The van der Waals surface area contributed by atoms with Crippen molar-refractivity contribution in [3.8, 4) is 11.5 Å². The molecule has 0 aliphatic rings. The number of halogens is 4. The number of hydrogen-bond donors (Lipinski definition) is 3. The van der Waals surface area contributed by atoms with Gasteiger partial charge in [-0.1, -0.05) is 88.9 Å². The van der Waals surface area contributed by atoms with E-state index in [4.69, 9.17) is 61.4 Å². The zero-order chi connectivity index (χ0) is 27.7. The minimum Gasteiger partial charge on any atom is -0.481 e. The molecule has 0 saturated carbocycles. The Kier molecular flexibility index (Phi) is 10.7. The molecule has 38 heavy (non-hydrogen) atoms. The summed E-state index contributed by atoms with van der Waals surface area (Å²) in [5.74, 6) is -0.907. The van der Waals surface area contributed by atoms with Crippen molar-refractivity contribution in [2.75, 3.05) is 5.32 Å². The molecule has 0 unspecified atom stereocenters. The van der Waals surface area contributed by atoms with E-state index in [1.54, 1.807) is 78.9 Å². The molecule has 0 heterocycles. The van der Waals surface area contributed by atoms with Crippen LogP contribution in [-0.2, 0) is 22.4 Å². The topological polar surface area (TPSA) is 95.9 Å². The predicted molar refractivity (Wildman–Crippen MR) is 152 cm³/mol. The molecule has 0 spiro atoms. The molecule has 4 aromatic carbocycles. The summed E-state index contributed by atoms with van der Waals surface area (Å²) in [6.07, 6.45) is -0.174. The van der Waals surface area contributed by atoms with Crippen molar-refractivity contribution >= 4 is 69.7 Å². The Balaban J connectivity index is 0.000000211. The Bertz CT molecular complexity index is 1420. The first-order valence-corrected chi connectivity index (χ1v) is 12.6. The minimum atomic E-state index is -0.918. The molecule has 196 valence electrons. The van der Waals surface area contributed by atoms with Gasteiger partial charge in [0.25, 0.3) is 0 Å². The molecule has 4 rings (SSSR count). The van der Waals surface area contributed by atoms with Gasteiger partial charge in [0.1, 0.15) is 11.5 Å². The summed E-state index contributed by atoms with van der Waals surface area (Å²) in [4.78, 5) is 21.6. The van der Waals surface area contributed by atoms with Crippen LogP contribution in [0.4, 0.5) is 11.4 Å². The molecule has 10 heteroatoms. The first-order chi connectivity index (χ1) is 18.1. The molecule has 0 bridgehead atoms. The van der Waals surface area contributed by atoms with Crippen LogP contribution in [0.1, 0.15) is 11.1 Å². The summed E-state index contributed by atoms with van der Waals surface area (Å²) >= 11 is 24.0. The number of rotatable bonds is 8. The van der Waals surface area contributed by atoms with Crippen molar-refractivity contribution in [1.82, 2.24) is 0 Å². The Hall–Kier alpha value is -3.42. The average molecular weight is 593 g/mol. The lowest BCUT2D eigenvalue weighted by atomic mass is 10.1. The van der Waals surface area contributed by atoms with Crippen LogP contribution in [0, 0.1) is 0 Å². The second kappa shape index (κ2) is 13.9. The number of hydrogen-bond acceptors (Lipinski definition) is 4. The number of carboxylic acid groups (broad SMARTS) is 2. The Morgan fingerprint density at radius 3 is 1.87 bits per heavy atom. The van der Waals surface area contributed by atoms with Gasteiger partial charge in [-0.2, -0.15) is 0 Å². The second-order valence-electron chi connectivity index (χ2n) is 7.80. The molecule has 3 N–H and O–H groups in total. The first kappa shape index (κ1) is 29.1. The van der Waals surface area contributed by atoms with E-state index in [0.717, 1.165) is 0 Å². The van der Waals surface area contributed by atoms with E-state index in [1.165, 1.54) is 0 Å². The van der Waals surface area contributed by atoms with Gasteiger partial charge >= 0.3 is 11.9 Å². The maximum Gasteiger partial charge on any atom is 0.307 e. The average Bonchev–Trinajstić information content (AvgIpc) is 2.85. The molecule has 0 aliphatic carbocycles. The van der Waals surface area contributed by atoms with Gasteiger partial charge in [0.15, 0.2) is 0 Å². The number of anilines is 2. The van der Waals surface area contributed by atoms with Crippen LogP contribution in [0.3, 0.4) is 0 Å². The molecule has 0 aliphatic heterocycles.